The molecule has 15 heavy (non-hydrogen) atoms. The van der Waals surface area contributed by atoms with E-state index in [1.165, 1.54) is 5.56 Å². The van der Waals surface area contributed by atoms with Crippen LogP contribution in [0.15, 0.2) is 24.3 Å². The van der Waals surface area contributed by atoms with E-state index < -0.39 is 0 Å². The first-order chi connectivity index (χ1) is 7.22. The molecule has 0 atom stereocenters. The number of carbonyl (C=O) groups excluding carboxylic acids is 1. The maximum Gasteiger partial charge on any atom is 0.219 e. The summed E-state index contributed by atoms with van der Waals surface area (Å²) in [4.78, 5) is 10.9. The lowest BCUT2D eigenvalue weighted by Crippen LogP contribution is -2.23. The summed E-state index contributed by atoms with van der Waals surface area (Å²) < 4.78 is 0. The second-order valence-corrected chi connectivity index (χ2v) is 3.55. The van der Waals surface area contributed by atoms with Crippen LogP contribution in [0, 0.1) is 0 Å². The molecule has 0 fully saturated rings. The number of nitrogens with two attached hydrogens (primary N) is 1. The largest absolute Gasteiger partial charge is 0.399 e. The van der Waals surface area contributed by atoms with E-state index in [1.54, 1.807) is 0 Å². The van der Waals surface area contributed by atoms with Gasteiger partial charge in [-0.2, -0.15) is 0 Å². The fourth-order valence-electron chi connectivity index (χ4n) is 1.33. The lowest BCUT2D eigenvalue weighted by atomic mass is 10.1. The molecule has 0 aliphatic heterocycles. The average Bonchev–Trinajstić information content (AvgIpc) is 2.26. The number of hydrogen-bond acceptors (Lipinski definition) is 2. The summed E-state index contributed by atoms with van der Waals surface area (Å²) >= 11 is 0. The van der Waals surface area contributed by atoms with Crippen molar-refractivity contribution >= 4 is 11.6 Å². The molecule has 0 saturated heterocycles. The van der Waals surface area contributed by atoms with Crippen LogP contribution in [0.1, 0.15) is 25.3 Å². The Morgan fingerprint density at radius 2 is 2.00 bits per heavy atom. The summed E-state index contributed by atoms with van der Waals surface area (Å²) in [5, 5.41) is 2.85. The number of benzene rings is 1. The Morgan fingerprint density at radius 1 is 1.33 bits per heavy atom. The number of nitrogen functional groups attached to an aromatic ring is 1. The monoisotopic (exact) mass is 206 g/mol. The van der Waals surface area contributed by atoms with Crippen LogP contribution in [0.25, 0.3) is 0 Å². The molecule has 1 rings (SSSR count). The number of hydrogen-bond donors (Lipinski definition) is 2. The zero-order chi connectivity index (χ0) is 11.1. The van der Waals surface area contributed by atoms with Gasteiger partial charge < -0.3 is 11.1 Å². The first-order valence-electron chi connectivity index (χ1n) is 5.33. The molecule has 1 amide bonds. The molecular formula is C12H18N2O. The highest BCUT2D eigenvalue weighted by Gasteiger charge is 1.96. The van der Waals surface area contributed by atoms with Crippen LogP contribution < -0.4 is 11.1 Å². The van der Waals surface area contributed by atoms with Crippen molar-refractivity contribution in [3.8, 4) is 0 Å². The topological polar surface area (TPSA) is 55.1 Å². The van der Waals surface area contributed by atoms with E-state index in [2.05, 4.69) is 5.32 Å². The van der Waals surface area contributed by atoms with Crippen LogP contribution in [-0.4, -0.2) is 12.5 Å². The van der Waals surface area contributed by atoms with Crippen molar-refractivity contribution < 1.29 is 4.79 Å². The van der Waals surface area contributed by atoms with Gasteiger partial charge in [0.05, 0.1) is 0 Å². The number of amides is 1. The lowest BCUT2D eigenvalue weighted by Gasteiger charge is -2.04. The molecule has 0 radical (unpaired) electrons. The van der Waals surface area contributed by atoms with Crippen LogP contribution in [0.2, 0.25) is 0 Å². The van der Waals surface area contributed by atoms with Gasteiger partial charge in [-0.05, 0) is 30.5 Å². The first kappa shape index (κ1) is 11.6. The van der Waals surface area contributed by atoms with Crippen molar-refractivity contribution in [3.63, 3.8) is 0 Å². The number of aryl methyl sites for hydroxylation is 1. The Kier molecular flexibility index (Phi) is 4.68. The van der Waals surface area contributed by atoms with E-state index in [0.717, 1.165) is 25.1 Å². The molecule has 0 aliphatic carbocycles. The van der Waals surface area contributed by atoms with Crippen molar-refractivity contribution in [1.29, 1.82) is 0 Å². The van der Waals surface area contributed by atoms with E-state index in [0.29, 0.717) is 6.42 Å². The first-order valence-corrected chi connectivity index (χ1v) is 5.33. The van der Waals surface area contributed by atoms with Crippen molar-refractivity contribution in [2.75, 3.05) is 12.3 Å². The van der Waals surface area contributed by atoms with Gasteiger partial charge in [0.25, 0.3) is 0 Å². The summed E-state index contributed by atoms with van der Waals surface area (Å²) in [5.74, 6) is 0.118. The van der Waals surface area contributed by atoms with Gasteiger partial charge in [0, 0.05) is 18.7 Å². The Hall–Kier alpha value is -1.51. The maximum atomic E-state index is 10.9. The van der Waals surface area contributed by atoms with Crippen LogP contribution in [0.4, 0.5) is 5.69 Å². The Bertz CT molecular complexity index is 306. The van der Waals surface area contributed by atoms with Crippen molar-refractivity contribution in [2.45, 2.75) is 26.2 Å². The third kappa shape index (κ3) is 4.49. The SMILES string of the molecule is CCC(=O)NCCCc1ccc(N)cc1. The molecule has 0 aromatic heterocycles. The van der Waals surface area contributed by atoms with E-state index in [9.17, 15) is 4.79 Å². The third-order valence-corrected chi connectivity index (χ3v) is 2.27. The van der Waals surface area contributed by atoms with Crippen LogP contribution in [-0.2, 0) is 11.2 Å². The summed E-state index contributed by atoms with van der Waals surface area (Å²) in [5.41, 5.74) is 7.63. The summed E-state index contributed by atoms with van der Waals surface area (Å²) in [6.07, 6.45) is 2.50. The molecular weight excluding hydrogens is 188 g/mol. The molecule has 3 heteroatoms. The molecule has 0 spiro atoms. The highest BCUT2D eigenvalue weighted by Crippen LogP contribution is 2.07. The molecule has 3 N–H and O–H groups in total. The van der Waals surface area contributed by atoms with Crippen molar-refractivity contribution in [2.24, 2.45) is 0 Å². The van der Waals surface area contributed by atoms with Gasteiger partial charge in [-0.25, -0.2) is 0 Å². The molecule has 0 aliphatic rings. The van der Waals surface area contributed by atoms with Gasteiger partial charge >= 0.3 is 0 Å². The van der Waals surface area contributed by atoms with Crippen LogP contribution in [0.5, 0.6) is 0 Å². The zero-order valence-electron chi connectivity index (χ0n) is 9.12. The molecule has 1 aromatic rings. The second-order valence-electron chi connectivity index (χ2n) is 3.55. The molecule has 0 heterocycles. The summed E-state index contributed by atoms with van der Waals surface area (Å²) in [6, 6.07) is 7.86. The molecule has 1 aromatic carbocycles. The lowest BCUT2D eigenvalue weighted by molar-refractivity contribution is -0.120. The Morgan fingerprint density at radius 3 is 2.60 bits per heavy atom. The van der Waals surface area contributed by atoms with Gasteiger partial charge in [0.1, 0.15) is 0 Å². The number of rotatable bonds is 5. The van der Waals surface area contributed by atoms with Crippen LogP contribution in [0.3, 0.4) is 0 Å². The molecule has 0 bridgehead atoms. The third-order valence-electron chi connectivity index (χ3n) is 2.27. The Labute approximate surface area is 90.7 Å². The van der Waals surface area contributed by atoms with Gasteiger partial charge in [0.15, 0.2) is 0 Å². The van der Waals surface area contributed by atoms with Gasteiger partial charge in [0.2, 0.25) is 5.91 Å². The number of anilines is 1. The van der Waals surface area contributed by atoms with Gasteiger partial charge in [-0.1, -0.05) is 19.1 Å². The maximum absolute atomic E-state index is 10.9. The van der Waals surface area contributed by atoms with E-state index in [4.69, 9.17) is 5.73 Å². The zero-order valence-corrected chi connectivity index (χ0v) is 9.12. The standard InChI is InChI=1S/C12H18N2O/c1-2-12(15)14-9-3-4-10-5-7-11(13)8-6-10/h5-8H,2-4,9,13H2,1H3,(H,14,15). The minimum absolute atomic E-state index is 0.118. The van der Waals surface area contributed by atoms with Crippen LogP contribution >= 0.6 is 0 Å². The van der Waals surface area contributed by atoms with E-state index in [-0.39, 0.29) is 5.91 Å². The molecule has 0 saturated carbocycles. The van der Waals surface area contributed by atoms with Crippen molar-refractivity contribution in [3.05, 3.63) is 29.8 Å². The highest BCUT2D eigenvalue weighted by molar-refractivity contribution is 5.75. The number of nitrogens with one attached hydrogen (secondary N) is 1. The minimum atomic E-state index is 0.118. The predicted molar refractivity (Wildman–Crippen MR) is 62.5 cm³/mol. The quantitative estimate of drug-likeness (QED) is 0.569. The second kappa shape index (κ2) is 6.06. The normalized spacial score (nSPS) is 9.93. The van der Waals surface area contributed by atoms with E-state index in [1.807, 2.05) is 31.2 Å². The van der Waals surface area contributed by atoms with Crippen molar-refractivity contribution in [1.82, 2.24) is 5.32 Å². The highest BCUT2D eigenvalue weighted by atomic mass is 16.1. The average molecular weight is 206 g/mol. The summed E-state index contributed by atoms with van der Waals surface area (Å²) in [7, 11) is 0. The smallest absolute Gasteiger partial charge is 0.219 e. The number of carbonyl (C=O) groups is 1. The van der Waals surface area contributed by atoms with Gasteiger partial charge in [-0.3, -0.25) is 4.79 Å². The van der Waals surface area contributed by atoms with Gasteiger partial charge in [-0.15, -0.1) is 0 Å². The fourth-order valence-corrected chi connectivity index (χ4v) is 1.33. The fraction of sp³-hybridized carbons (Fsp3) is 0.417. The Balaban J connectivity index is 2.20. The molecule has 82 valence electrons. The molecule has 3 nitrogen and oxygen atoms in total. The predicted octanol–water partition coefficient (Wildman–Crippen LogP) is 1.73. The molecule has 0 unspecified atom stereocenters. The van der Waals surface area contributed by atoms with E-state index >= 15 is 0 Å². The minimum Gasteiger partial charge on any atom is -0.399 e. The summed E-state index contributed by atoms with van der Waals surface area (Å²) in [6.45, 7) is 2.60.